The minimum absolute atomic E-state index is 0.181. The molecule has 4 aromatic rings. The molecule has 0 saturated carbocycles. The number of carbonyl (C=O) groups excluding carboxylic acids is 2. The average molecular weight is 424 g/mol. The smallest absolute Gasteiger partial charge is 0.265 e. The summed E-state index contributed by atoms with van der Waals surface area (Å²) < 4.78 is 1.63. The van der Waals surface area contributed by atoms with E-state index in [2.05, 4.69) is 20.7 Å². The quantitative estimate of drug-likeness (QED) is 0.493. The fraction of sp³-hybridized carbons (Fsp3) is 0.100. The Morgan fingerprint density at radius 1 is 1.03 bits per heavy atom. The third kappa shape index (κ3) is 4.41. The first-order chi connectivity index (χ1) is 14.1. The highest BCUT2D eigenvalue weighted by molar-refractivity contribution is 7.16. The number of nitrogens with zero attached hydrogens (tertiary/aromatic N) is 3. The van der Waals surface area contributed by atoms with Crippen LogP contribution in [0.2, 0.25) is 0 Å². The Morgan fingerprint density at radius 2 is 1.79 bits per heavy atom. The molecule has 3 aromatic heterocycles. The lowest BCUT2D eigenvalue weighted by Crippen LogP contribution is -2.21. The molecule has 0 fully saturated rings. The van der Waals surface area contributed by atoms with Crippen LogP contribution < -0.4 is 10.6 Å². The van der Waals surface area contributed by atoms with Gasteiger partial charge in [-0.2, -0.15) is 5.10 Å². The zero-order valence-electron chi connectivity index (χ0n) is 15.5. The first-order valence-corrected chi connectivity index (χ1v) is 10.5. The SMILES string of the molecule is Cc1ccsc1CNC(=O)c1ccc(C(=O)Nc2ccc(-n3cncn3)cc2)s1. The van der Waals surface area contributed by atoms with Gasteiger partial charge in [0.1, 0.15) is 12.7 Å². The minimum Gasteiger partial charge on any atom is -0.346 e. The molecule has 4 rings (SSSR count). The highest BCUT2D eigenvalue weighted by Crippen LogP contribution is 2.20. The lowest BCUT2D eigenvalue weighted by Gasteiger charge is -2.05. The van der Waals surface area contributed by atoms with Gasteiger partial charge in [0, 0.05) is 10.6 Å². The summed E-state index contributed by atoms with van der Waals surface area (Å²) in [7, 11) is 0. The minimum atomic E-state index is -0.253. The van der Waals surface area contributed by atoms with Gasteiger partial charge in [-0.1, -0.05) is 0 Å². The van der Waals surface area contributed by atoms with Crippen LogP contribution in [0.25, 0.3) is 5.69 Å². The number of aryl methyl sites for hydroxylation is 1. The zero-order chi connectivity index (χ0) is 20.2. The molecule has 2 amide bonds. The highest BCUT2D eigenvalue weighted by atomic mass is 32.1. The number of hydrogen-bond acceptors (Lipinski definition) is 6. The molecule has 2 N–H and O–H groups in total. The fourth-order valence-electron chi connectivity index (χ4n) is 2.65. The van der Waals surface area contributed by atoms with Crippen LogP contribution in [0.1, 0.15) is 29.8 Å². The molecule has 1 aromatic carbocycles. The molecule has 3 heterocycles. The summed E-state index contributed by atoms with van der Waals surface area (Å²) in [5.74, 6) is -0.435. The molecule has 0 bridgehead atoms. The summed E-state index contributed by atoms with van der Waals surface area (Å²) in [4.78, 5) is 30.9. The summed E-state index contributed by atoms with van der Waals surface area (Å²) >= 11 is 2.78. The number of aromatic nitrogens is 3. The summed E-state index contributed by atoms with van der Waals surface area (Å²) in [6.07, 6.45) is 3.06. The molecular weight excluding hydrogens is 406 g/mol. The molecule has 9 heteroatoms. The number of anilines is 1. The summed E-state index contributed by atoms with van der Waals surface area (Å²) in [5, 5.41) is 11.8. The van der Waals surface area contributed by atoms with Gasteiger partial charge in [-0.3, -0.25) is 9.59 Å². The van der Waals surface area contributed by atoms with E-state index in [0.717, 1.165) is 16.1 Å². The normalized spacial score (nSPS) is 10.7. The van der Waals surface area contributed by atoms with E-state index in [1.54, 1.807) is 46.6 Å². The first kappa shape index (κ1) is 19.0. The van der Waals surface area contributed by atoms with Gasteiger partial charge < -0.3 is 10.6 Å². The number of thiophene rings is 2. The van der Waals surface area contributed by atoms with Crippen molar-refractivity contribution in [3.8, 4) is 5.69 Å². The van der Waals surface area contributed by atoms with Crippen LogP contribution in [-0.4, -0.2) is 26.6 Å². The molecule has 7 nitrogen and oxygen atoms in total. The van der Waals surface area contributed by atoms with Crippen molar-refractivity contribution in [2.75, 3.05) is 5.32 Å². The number of carbonyl (C=O) groups is 2. The zero-order valence-corrected chi connectivity index (χ0v) is 17.1. The predicted octanol–water partition coefficient (Wildman–Crippen LogP) is 3.88. The van der Waals surface area contributed by atoms with E-state index >= 15 is 0 Å². The van der Waals surface area contributed by atoms with E-state index in [9.17, 15) is 9.59 Å². The van der Waals surface area contributed by atoms with Gasteiger partial charge >= 0.3 is 0 Å². The Hall–Kier alpha value is -3.30. The van der Waals surface area contributed by atoms with Crippen LogP contribution in [0.3, 0.4) is 0 Å². The van der Waals surface area contributed by atoms with Crippen molar-refractivity contribution in [1.82, 2.24) is 20.1 Å². The molecule has 0 spiro atoms. The molecule has 0 aliphatic heterocycles. The molecule has 0 saturated heterocycles. The average Bonchev–Trinajstić information content (AvgIpc) is 3.48. The molecule has 29 heavy (non-hydrogen) atoms. The lowest BCUT2D eigenvalue weighted by atomic mass is 10.2. The van der Waals surface area contributed by atoms with Crippen molar-refractivity contribution in [3.63, 3.8) is 0 Å². The van der Waals surface area contributed by atoms with Crippen LogP contribution in [0.4, 0.5) is 5.69 Å². The Balaban J connectivity index is 1.36. The van der Waals surface area contributed by atoms with Crippen molar-refractivity contribution >= 4 is 40.2 Å². The van der Waals surface area contributed by atoms with E-state index < -0.39 is 0 Å². The second kappa shape index (κ2) is 8.38. The van der Waals surface area contributed by atoms with Gasteiger partial charge in [0.25, 0.3) is 11.8 Å². The van der Waals surface area contributed by atoms with Crippen LogP contribution in [0.5, 0.6) is 0 Å². The standard InChI is InChI=1S/C20H17N5O2S2/c1-13-8-9-28-18(13)10-22-19(26)16-6-7-17(29-16)20(27)24-14-2-4-15(5-3-14)25-12-21-11-23-25/h2-9,11-12H,10H2,1H3,(H,22,26)(H,24,27). The monoisotopic (exact) mass is 423 g/mol. The van der Waals surface area contributed by atoms with Gasteiger partial charge in [0.05, 0.1) is 22.0 Å². The number of hydrogen-bond donors (Lipinski definition) is 2. The van der Waals surface area contributed by atoms with Crippen molar-refractivity contribution < 1.29 is 9.59 Å². The maximum atomic E-state index is 12.5. The van der Waals surface area contributed by atoms with E-state index in [1.165, 1.54) is 17.7 Å². The second-order valence-corrected chi connectivity index (χ2v) is 8.30. The fourth-order valence-corrected chi connectivity index (χ4v) is 4.31. The topological polar surface area (TPSA) is 88.9 Å². The summed E-state index contributed by atoms with van der Waals surface area (Å²) in [6.45, 7) is 2.50. The van der Waals surface area contributed by atoms with E-state index in [-0.39, 0.29) is 11.8 Å². The molecule has 146 valence electrons. The first-order valence-electron chi connectivity index (χ1n) is 8.77. The van der Waals surface area contributed by atoms with Gasteiger partial charge in [-0.15, -0.1) is 22.7 Å². The molecule has 0 unspecified atom stereocenters. The van der Waals surface area contributed by atoms with E-state index in [4.69, 9.17) is 0 Å². The van der Waals surface area contributed by atoms with Gasteiger partial charge in [0.15, 0.2) is 0 Å². The molecule has 0 radical (unpaired) electrons. The number of rotatable bonds is 6. The number of amides is 2. The van der Waals surface area contributed by atoms with Gasteiger partial charge in [-0.25, -0.2) is 9.67 Å². The number of nitrogens with one attached hydrogen (secondary N) is 2. The van der Waals surface area contributed by atoms with Crippen LogP contribution in [0, 0.1) is 6.92 Å². The van der Waals surface area contributed by atoms with Crippen molar-refractivity contribution in [1.29, 1.82) is 0 Å². The second-order valence-electron chi connectivity index (χ2n) is 6.21. The van der Waals surface area contributed by atoms with Crippen molar-refractivity contribution in [2.45, 2.75) is 13.5 Å². The van der Waals surface area contributed by atoms with Crippen molar-refractivity contribution in [3.05, 3.63) is 80.7 Å². The van der Waals surface area contributed by atoms with Crippen LogP contribution >= 0.6 is 22.7 Å². The molecule has 0 aliphatic carbocycles. The van der Waals surface area contributed by atoms with Crippen LogP contribution in [0.15, 0.2) is 60.5 Å². The molecule has 0 atom stereocenters. The van der Waals surface area contributed by atoms with Crippen LogP contribution in [-0.2, 0) is 6.54 Å². The Kier molecular flexibility index (Phi) is 5.50. The molecule has 0 aliphatic rings. The van der Waals surface area contributed by atoms with Gasteiger partial charge in [0.2, 0.25) is 0 Å². The van der Waals surface area contributed by atoms with E-state index in [0.29, 0.717) is 22.0 Å². The lowest BCUT2D eigenvalue weighted by molar-refractivity contribution is 0.0954. The highest BCUT2D eigenvalue weighted by Gasteiger charge is 2.14. The van der Waals surface area contributed by atoms with E-state index in [1.807, 2.05) is 30.5 Å². The number of benzene rings is 1. The molecular formula is C20H17N5O2S2. The maximum Gasteiger partial charge on any atom is 0.265 e. The summed E-state index contributed by atoms with van der Waals surface area (Å²) in [5.41, 5.74) is 2.67. The Labute approximate surface area is 175 Å². The largest absolute Gasteiger partial charge is 0.346 e. The van der Waals surface area contributed by atoms with Crippen molar-refractivity contribution in [2.24, 2.45) is 0 Å². The predicted molar refractivity (Wildman–Crippen MR) is 114 cm³/mol. The third-order valence-corrected chi connectivity index (χ3v) is 6.35. The Bertz CT molecular complexity index is 1130. The third-order valence-electron chi connectivity index (χ3n) is 4.24. The van der Waals surface area contributed by atoms with Gasteiger partial charge in [-0.05, 0) is 60.3 Å². The Morgan fingerprint density at radius 3 is 2.45 bits per heavy atom. The summed E-state index contributed by atoms with van der Waals surface area (Å²) in [6, 6.07) is 12.6. The maximum absolute atomic E-state index is 12.5.